The Morgan fingerprint density at radius 1 is 0.897 bits per heavy atom. The Balaban J connectivity index is 1.74. The molecule has 29 heavy (non-hydrogen) atoms. The van der Waals surface area contributed by atoms with Gasteiger partial charge in [-0.15, -0.1) is 0 Å². The van der Waals surface area contributed by atoms with E-state index in [2.05, 4.69) is 4.90 Å². The maximum absolute atomic E-state index is 13.7. The normalized spacial score (nSPS) is 22.7. The minimum atomic E-state index is -4.43. The number of benzene rings is 2. The summed E-state index contributed by atoms with van der Waals surface area (Å²) in [5.41, 5.74) is 0.150. The van der Waals surface area contributed by atoms with Gasteiger partial charge in [-0.25, -0.2) is 0 Å². The second-order valence-electron chi connectivity index (χ2n) is 7.67. The van der Waals surface area contributed by atoms with Crippen molar-refractivity contribution in [3.63, 3.8) is 0 Å². The maximum atomic E-state index is 13.7. The highest BCUT2D eigenvalue weighted by molar-refractivity contribution is 5.17. The van der Waals surface area contributed by atoms with Gasteiger partial charge in [0.2, 0.25) is 0 Å². The van der Waals surface area contributed by atoms with Crippen LogP contribution in [0.4, 0.5) is 13.2 Å². The van der Waals surface area contributed by atoms with Gasteiger partial charge in [-0.3, -0.25) is 4.90 Å². The molecule has 0 aliphatic heterocycles. The third kappa shape index (κ3) is 5.59. The molecule has 0 heterocycles. The summed E-state index contributed by atoms with van der Waals surface area (Å²) in [7, 11) is 0. The zero-order valence-electron chi connectivity index (χ0n) is 16.4. The van der Waals surface area contributed by atoms with E-state index in [1.165, 1.54) is 0 Å². The van der Waals surface area contributed by atoms with Crippen LogP contribution in [0.2, 0.25) is 0 Å². The molecule has 3 nitrogen and oxygen atoms in total. The predicted molar refractivity (Wildman–Crippen MR) is 106 cm³/mol. The molecule has 158 valence electrons. The molecular weight excluding hydrogens is 379 g/mol. The van der Waals surface area contributed by atoms with E-state index >= 15 is 0 Å². The third-order valence-electron chi connectivity index (χ3n) is 5.72. The summed E-state index contributed by atoms with van der Waals surface area (Å²) < 4.78 is 46.3. The largest absolute Gasteiger partial charge is 0.417 e. The van der Waals surface area contributed by atoms with Crippen molar-refractivity contribution in [2.75, 3.05) is 13.2 Å². The Bertz CT molecular complexity index is 687. The Morgan fingerprint density at radius 2 is 1.38 bits per heavy atom. The van der Waals surface area contributed by atoms with Crippen molar-refractivity contribution in [3.8, 4) is 0 Å². The Hall–Kier alpha value is -1.89. The summed E-state index contributed by atoms with van der Waals surface area (Å²) in [6.07, 6.45) is -3.78. The number of hydrogen-bond donors (Lipinski definition) is 1. The number of alkyl halides is 3. The summed E-state index contributed by atoms with van der Waals surface area (Å²) in [4.78, 5) is 2.27. The summed E-state index contributed by atoms with van der Waals surface area (Å²) >= 11 is 0. The average Bonchev–Trinajstić information content (AvgIpc) is 2.73. The molecule has 0 saturated heterocycles. The third-order valence-corrected chi connectivity index (χ3v) is 5.72. The van der Waals surface area contributed by atoms with Crippen LogP contribution in [0.1, 0.15) is 36.8 Å². The molecule has 0 amide bonds. The van der Waals surface area contributed by atoms with E-state index in [9.17, 15) is 13.2 Å². The van der Waals surface area contributed by atoms with Crippen molar-refractivity contribution < 1.29 is 23.0 Å². The smallest absolute Gasteiger partial charge is 0.394 e. The average molecular weight is 407 g/mol. The fourth-order valence-corrected chi connectivity index (χ4v) is 4.13. The van der Waals surface area contributed by atoms with Gasteiger partial charge < -0.3 is 9.84 Å². The summed E-state index contributed by atoms with van der Waals surface area (Å²) in [6, 6.07) is 20.1. The van der Waals surface area contributed by atoms with Gasteiger partial charge >= 0.3 is 6.18 Å². The minimum absolute atomic E-state index is 0.0450. The topological polar surface area (TPSA) is 32.7 Å². The highest BCUT2D eigenvalue weighted by atomic mass is 19.4. The quantitative estimate of drug-likeness (QED) is 0.673. The number of hydrogen-bond acceptors (Lipinski definition) is 3. The van der Waals surface area contributed by atoms with Crippen LogP contribution in [0.3, 0.4) is 0 Å². The zero-order valence-corrected chi connectivity index (χ0v) is 16.4. The van der Waals surface area contributed by atoms with Crippen LogP contribution in [0.15, 0.2) is 60.7 Å². The number of aliphatic hydroxyl groups is 1. The second-order valence-corrected chi connectivity index (χ2v) is 7.67. The van der Waals surface area contributed by atoms with E-state index in [0.717, 1.165) is 11.1 Å². The fraction of sp³-hybridized carbons (Fsp3) is 0.478. The standard InChI is InChI=1S/C23H28F3NO2/c24-23(25,26)22(29-16-15-28)13-11-21(12-14-22)27(17-19-7-3-1-4-8-19)18-20-9-5-2-6-10-20/h1-10,21,28H,11-18H2/t21-,22-. The van der Waals surface area contributed by atoms with Gasteiger partial charge in [0.1, 0.15) is 0 Å². The van der Waals surface area contributed by atoms with Gasteiger partial charge in [-0.1, -0.05) is 60.7 Å². The maximum Gasteiger partial charge on any atom is 0.417 e. The molecule has 1 aliphatic carbocycles. The van der Waals surface area contributed by atoms with Crippen molar-refractivity contribution >= 4 is 0 Å². The molecule has 2 aromatic carbocycles. The van der Waals surface area contributed by atoms with Gasteiger partial charge in [0, 0.05) is 19.1 Å². The highest BCUT2D eigenvalue weighted by Gasteiger charge is 2.57. The first kappa shape index (κ1) is 21.8. The van der Waals surface area contributed by atoms with Gasteiger partial charge in [-0.2, -0.15) is 13.2 Å². The molecule has 0 aromatic heterocycles. The molecule has 2 aromatic rings. The molecule has 1 aliphatic rings. The number of aliphatic hydroxyl groups excluding tert-OH is 1. The van der Waals surface area contributed by atoms with Crippen LogP contribution in [-0.2, 0) is 17.8 Å². The van der Waals surface area contributed by atoms with Crippen LogP contribution >= 0.6 is 0 Å². The number of halogens is 3. The molecular formula is C23H28F3NO2. The molecule has 1 N–H and O–H groups in total. The lowest BCUT2D eigenvalue weighted by Crippen LogP contribution is -2.53. The predicted octanol–water partition coefficient (Wildman–Crippen LogP) is 4.94. The molecule has 3 rings (SSSR count). The number of ether oxygens (including phenoxy) is 1. The molecule has 6 heteroatoms. The first-order valence-electron chi connectivity index (χ1n) is 10.1. The van der Waals surface area contributed by atoms with Gasteiger partial charge in [0.15, 0.2) is 5.60 Å². The fourth-order valence-electron chi connectivity index (χ4n) is 4.13. The molecule has 0 bridgehead atoms. The van der Waals surface area contributed by atoms with Crippen molar-refractivity contribution in [1.29, 1.82) is 0 Å². The van der Waals surface area contributed by atoms with Gasteiger partial charge in [0.05, 0.1) is 13.2 Å². The first-order chi connectivity index (χ1) is 13.9. The lowest BCUT2D eigenvalue weighted by atomic mass is 9.80. The Morgan fingerprint density at radius 3 is 1.79 bits per heavy atom. The first-order valence-corrected chi connectivity index (χ1v) is 10.1. The molecule has 1 saturated carbocycles. The SMILES string of the molecule is OCCO[C@]1(C(F)(F)F)CC[C@@H](N(Cc2ccccc2)Cc2ccccc2)CC1. The van der Waals surface area contributed by atoms with E-state index in [-0.39, 0.29) is 25.5 Å². The number of rotatable bonds is 8. The lowest BCUT2D eigenvalue weighted by molar-refractivity contribution is -0.291. The van der Waals surface area contributed by atoms with Gasteiger partial charge in [0.25, 0.3) is 0 Å². The van der Waals surface area contributed by atoms with Crippen LogP contribution in [0.25, 0.3) is 0 Å². The Kier molecular flexibility index (Phi) is 7.33. The second kappa shape index (κ2) is 9.74. The molecule has 1 fully saturated rings. The lowest BCUT2D eigenvalue weighted by Gasteiger charge is -2.44. The van der Waals surface area contributed by atoms with E-state index in [0.29, 0.717) is 25.9 Å². The molecule has 0 unspecified atom stereocenters. The monoisotopic (exact) mass is 407 g/mol. The molecule has 0 radical (unpaired) electrons. The van der Waals surface area contributed by atoms with E-state index in [1.54, 1.807) is 0 Å². The van der Waals surface area contributed by atoms with E-state index in [4.69, 9.17) is 9.84 Å². The van der Waals surface area contributed by atoms with Crippen molar-refractivity contribution in [2.24, 2.45) is 0 Å². The van der Waals surface area contributed by atoms with Crippen molar-refractivity contribution in [1.82, 2.24) is 4.90 Å². The van der Waals surface area contributed by atoms with Crippen molar-refractivity contribution in [3.05, 3.63) is 71.8 Å². The summed E-state index contributed by atoms with van der Waals surface area (Å²) in [5, 5.41) is 8.94. The van der Waals surface area contributed by atoms with Crippen molar-refractivity contribution in [2.45, 2.75) is 56.6 Å². The van der Waals surface area contributed by atoms with Crippen LogP contribution in [0, 0.1) is 0 Å². The van der Waals surface area contributed by atoms with Crippen LogP contribution < -0.4 is 0 Å². The zero-order chi connectivity index (χ0) is 20.7. The van der Waals surface area contributed by atoms with Crippen LogP contribution in [0.5, 0.6) is 0 Å². The summed E-state index contributed by atoms with van der Waals surface area (Å²) in [6.45, 7) is 0.686. The molecule has 0 spiro atoms. The minimum Gasteiger partial charge on any atom is -0.394 e. The summed E-state index contributed by atoms with van der Waals surface area (Å²) in [5.74, 6) is 0. The van der Waals surface area contributed by atoms with Gasteiger partial charge in [-0.05, 0) is 36.8 Å². The van der Waals surface area contributed by atoms with E-state index in [1.807, 2.05) is 60.7 Å². The van der Waals surface area contributed by atoms with Crippen LogP contribution in [-0.4, -0.2) is 41.0 Å². The van der Waals surface area contributed by atoms with E-state index < -0.39 is 18.4 Å². The molecule has 0 atom stereocenters. The number of nitrogens with zero attached hydrogens (tertiary/aromatic N) is 1. The highest BCUT2D eigenvalue weighted by Crippen LogP contribution is 2.45. The Labute approximate surface area is 170 Å².